The largest absolute Gasteiger partial charge is 0.348 e. The molecule has 2 aromatic carbocycles. The first-order valence-electron chi connectivity index (χ1n) is 8.79. The zero-order chi connectivity index (χ0) is 18.5. The third-order valence-corrected chi connectivity index (χ3v) is 4.31. The van der Waals surface area contributed by atoms with Crippen LogP contribution >= 0.6 is 0 Å². The second-order valence-corrected chi connectivity index (χ2v) is 6.77. The lowest BCUT2D eigenvalue weighted by Crippen LogP contribution is -3.04. The van der Waals surface area contributed by atoms with Gasteiger partial charge in [0, 0.05) is 29.6 Å². The molecule has 0 saturated heterocycles. The van der Waals surface area contributed by atoms with Crippen LogP contribution in [0, 0.1) is 6.92 Å². The summed E-state index contributed by atoms with van der Waals surface area (Å²) in [4.78, 5) is 13.8. The molecule has 26 heavy (non-hydrogen) atoms. The van der Waals surface area contributed by atoms with Gasteiger partial charge in [0.25, 0.3) is 5.91 Å². The highest BCUT2D eigenvalue weighted by molar-refractivity contribution is 5.94. The van der Waals surface area contributed by atoms with Gasteiger partial charge in [-0.05, 0) is 42.8 Å². The number of aromatic nitrogens is 2. The Morgan fingerprint density at radius 3 is 2.35 bits per heavy atom. The molecule has 0 aliphatic rings. The molecule has 0 bridgehead atoms. The Hall–Kier alpha value is -2.92. The molecule has 0 aliphatic heterocycles. The molecule has 1 aromatic heterocycles. The van der Waals surface area contributed by atoms with Crippen molar-refractivity contribution in [1.82, 2.24) is 15.1 Å². The second-order valence-electron chi connectivity index (χ2n) is 6.77. The van der Waals surface area contributed by atoms with Gasteiger partial charge < -0.3 is 10.2 Å². The van der Waals surface area contributed by atoms with E-state index in [-0.39, 0.29) is 5.91 Å². The number of aryl methyl sites for hydroxylation is 1. The van der Waals surface area contributed by atoms with Crippen LogP contribution < -0.4 is 10.2 Å². The Kier molecular flexibility index (Phi) is 5.49. The summed E-state index contributed by atoms with van der Waals surface area (Å²) in [7, 11) is 4.25. The molecule has 1 heterocycles. The molecule has 0 radical (unpaired) electrons. The van der Waals surface area contributed by atoms with Gasteiger partial charge in [-0.1, -0.05) is 24.3 Å². The lowest BCUT2D eigenvalue weighted by molar-refractivity contribution is -0.872. The van der Waals surface area contributed by atoms with Crippen molar-refractivity contribution in [2.45, 2.75) is 20.0 Å². The molecule has 3 aromatic rings. The summed E-state index contributed by atoms with van der Waals surface area (Å²) in [5.41, 5.74) is 5.07. The molecule has 3 rings (SSSR count). The lowest BCUT2D eigenvalue weighted by Gasteiger charge is -2.13. The first-order valence-corrected chi connectivity index (χ1v) is 8.79. The molecular weight excluding hydrogens is 324 g/mol. The van der Waals surface area contributed by atoms with Crippen molar-refractivity contribution < 1.29 is 9.69 Å². The maximum absolute atomic E-state index is 12.5. The minimum Gasteiger partial charge on any atom is -0.348 e. The molecule has 5 nitrogen and oxygen atoms in total. The van der Waals surface area contributed by atoms with E-state index in [2.05, 4.69) is 36.6 Å². The van der Waals surface area contributed by atoms with Crippen molar-refractivity contribution >= 4 is 5.91 Å². The van der Waals surface area contributed by atoms with Crippen molar-refractivity contribution in [1.29, 1.82) is 0 Å². The highest BCUT2D eigenvalue weighted by Crippen LogP contribution is 2.12. The van der Waals surface area contributed by atoms with Crippen molar-refractivity contribution in [3.8, 4) is 5.69 Å². The van der Waals surface area contributed by atoms with Gasteiger partial charge in [0.1, 0.15) is 6.54 Å². The molecule has 134 valence electrons. The SMILES string of the molecule is Cc1ccnn1-c1ccc(C(=O)NCc2ccccc2C[NH+](C)C)cc1. The Balaban J connectivity index is 1.67. The topological polar surface area (TPSA) is 51.4 Å². The quantitative estimate of drug-likeness (QED) is 0.712. The van der Waals surface area contributed by atoms with Crippen molar-refractivity contribution in [3.05, 3.63) is 83.2 Å². The van der Waals surface area contributed by atoms with Crippen LogP contribution in [-0.2, 0) is 13.1 Å². The van der Waals surface area contributed by atoms with Crippen LogP contribution in [0.25, 0.3) is 5.69 Å². The van der Waals surface area contributed by atoms with Crippen LogP contribution in [0.3, 0.4) is 0 Å². The van der Waals surface area contributed by atoms with Gasteiger partial charge in [0.15, 0.2) is 0 Å². The summed E-state index contributed by atoms with van der Waals surface area (Å²) in [6, 6.07) is 17.7. The van der Waals surface area contributed by atoms with Crippen molar-refractivity contribution in [2.75, 3.05) is 14.1 Å². The number of nitrogens with zero attached hydrogens (tertiary/aromatic N) is 2. The van der Waals surface area contributed by atoms with Crippen LogP contribution in [0.5, 0.6) is 0 Å². The Morgan fingerprint density at radius 2 is 1.73 bits per heavy atom. The van der Waals surface area contributed by atoms with Crippen LogP contribution in [0.1, 0.15) is 27.2 Å². The van der Waals surface area contributed by atoms with E-state index in [0.29, 0.717) is 12.1 Å². The Morgan fingerprint density at radius 1 is 1.04 bits per heavy atom. The number of carbonyl (C=O) groups is 1. The molecule has 0 atom stereocenters. The molecule has 0 fully saturated rings. The van der Waals surface area contributed by atoms with Gasteiger partial charge in [-0.3, -0.25) is 4.79 Å². The fourth-order valence-corrected chi connectivity index (χ4v) is 2.95. The van der Waals surface area contributed by atoms with Gasteiger partial charge >= 0.3 is 0 Å². The Labute approximate surface area is 154 Å². The summed E-state index contributed by atoms with van der Waals surface area (Å²) in [6.45, 7) is 3.47. The van der Waals surface area contributed by atoms with E-state index in [1.54, 1.807) is 6.20 Å². The third-order valence-electron chi connectivity index (χ3n) is 4.31. The summed E-state index contributed by atoms with van der Waals surface area (Å²) >= 11 is 0. The first-order chi connectivity index (χ1) is 12.5. The lowest BCUT2D eigenvalue weighted by atomic mass is 10.1. The maximum atomic E-state index is 12.5. The standard InChI is InChI=1S/C21H24N4O/c1-16-12-13-23-25(16)20-10-8-17(9-11-20)21(26)22-14-18-6-4-5-7-19(18)15-24(2)3/h4-13H,14-15H2,1-3H3,(H,22,26)/p+1. The highest BCUT2D eigenvalue weighted by Gasteiger charge is 2.09. The zero-order valence-corrected chi connectivity index (χ0v) is 15.5. The minimum absolute atomic E-state index is 0.0688. The van der Waals surface area contributed by atoms with Crippen LogP contribution in [-0.4, -0.2) is 29.8 Å². The third kappa shape index (κ3) is 4.18. The number of carbonyl (C=O) groups excluding carboxylic acids is 1. The fourth-order valence-electron chi connectivity index (χ4n) is 2.95. The summed E-state index contributed by atoms with van der Waals surface area (Å²) < 4.78 is 1.85. The van der Waals surface area contributed by atoms with E-state index in [1.165, 1.54) is 10.5 Å². The normalized spacial score (nSPS) is 10.9. The smallest absolute Gasteiger partial charge is 0.251 e. The molecule has 5 heteroatoms. The van der Waals surface area contributed by atoms with E-state index < -0.39 is 0 Å². The molecule has 0 saturated carbocycles. The van der Waals surface area contributed by atoms with E-state index in [0.717, 1.165) is 23.5 Å². The van der Waals surface area contributed by atoms with Crippen LogP contribution in [0.2, 0.25) is 0 Å². The van der Waals surface area contributed by atoms with E-state index in [1.807, 2.05) is 54.1 Å². The number of amides is 1. The molecule has 2 N–H and O–H groups in total. The van der Waals surface area contributed by atoms with Gasteiger partial charge in [0.05, 0.1) is 19.8 Å². The van der Waals surface area contributed by atoms with Crippen LogP contribution in [0.15, 0.2) is 60.8 Å². The predicted octanol–water partition coefficient (Wildman–Crippen LogP) is 1.76. The molecule has 0 unspecified atom stereocenters. The first kappa shape index (κ1) is 17.9. The van der Waals surface area contributed by atoms with Gasteiger partial charge in [-0.25, -0.2) is 4.68 Å². The van der Waals surface area contributed by atoms with Crippen molar-refractivity contribution in [2.24, 2.45) is 0 Å². The number of benzene rings is 2. The number of nitrogens with one attached hydrogen (secondary N) is 2. The average molecular weight is 349 g/mol. The summed E-state index contributed by atoms with van der Waals surface area (Å²) in [5.74, 6) is -0.0688. The van der Waals surface area contributed by atoms with Gasteiger partial charge in [-0.15, -0.1) is 0 Å². The molecule has 1 amide bonds. The molecule has 0 aliphatic carbocycles. The van der Waals surface area contributed by atoms with E-state index >= 15 is 0 Å². The number of hydrogen-bond acceptors (Lipinski definition) is 2. The highest BCUT2D eigenvalue weighted by atomic mass is 16.1. The van der Waals surface area contributed by atoms with Gasteiger partial charge in [-0.2, -0.15) is 5.10 Å². The number of rotatable bonds is 6. The van der Waals surface area contributed by atoms with E-state index in [9.17, 15) is 4.79 Å². The minimum atomic E-state index is -0.0688. The predicted molar refractivity (Wildman–Crippen MR) is 102 cm³/mol. The number of hydrogen-bond donors (Lipinski definition) is 2. The average Bonchev–Trinajstić information content (AvgIpc) is 3.06. The zero-order valence-electron chi connectivity index (χ0n) is 15.5. The van der Waals surface area contributed by atoms with Crippen molar-refractivity contribution in [3.63, 3.8) is 0 Å². The van der Waals surface area contributed by atoms with Crippen LogP contribution in [0.4, 0.5) is 0 Å². The summed E-state index contributed by atoms with van der Waals surface area (Å²) in [5, 5.41) is 7.31. The van der Waals surface area contributed by atoms with E-state index in [4.69, 9.17) is 0 Å². The number of quaternary nitrogens is 1. The van der Waals surface area contributed by atoms with Gasteiger partial charge in [0.2, 0.25) is 0 Å². The molecule has 0 spiro atoms. The second kappa shape index (κ2) is 7.97. The maximum Gasteiger partial charge on any atom is 0.251 e. The molecular formula is C21H25N4O+. The Bertz CT molecular complexity index is 881. The fraction of sp³-hybridized carbons (Fsp3) is 0.238. The summed E-state index contributed by atoms with van der Waals surface area (Å²) in [6.07, 6.45) is 1.77. The monoisotopic (exact) mass is 349 g/mol.